The number of nitrogens with two attached hydrogens (primary N) is 1. The lowest BCUT2D eigenvalue weighted by molar-refractivity contribution is -0.290. The van der Waals surface area contributed by atoms with E-state index in [9.17, 15) is 26.3 Å². The third-order valence-electron chi connectivity index (χ3n) is 2.66. The Hall–Kier alpha value is -0.960. The SMILES string of the molecule is CC(C)n1ncc(Cl)c1C(N)C(C(F)(F)F)C(F)(F)F. The van der Waals surface area contributed by atoms with Crippen LogP contribution < -0.4 is 5.73 Å². The first-order valence-electron chi connectivity index (χ1n) is 5.49. The van der Waals surface area contributed by atoms with Gasteiger partial charge in [0.05, 0.1) is 23.0 Å². The molecule has 0 aliphatic rings. The first-order chi connectivity index (χ1) is 8.87. The van der Waals surface area contributed by atoms with Gasteiger partial charge in [0.25, 0.3) is 0 Å². The van der Waals surface area contributed by atoms with Crippen LogP contribution in [0.2, 0.25) is 5.02 Å². The zero-order valence-corrected chi connectivity index (χ0v) is 11.2. The highest BCUT2D eigenvalue weighted by Gasteiger charge is 2.60. The van der Waals surface area contributed by atoms with Crippen molar-refractivity contribution in [3.63, 3.8) is 0 Å². The molecule has 0 aliphatic heterocycles. The van der Waals surface area contributed by atoms with Crippen molar-refractivity contribution >= 4 is 11.6 Å². The molecule has 0 amide bonds. The molecule has 116 valence electrons. The van der Waals surface area contributed by atoms with Crippen LogP contribution in [-0.4, -0.2) is 22.1 Å². The van der Waals surface area contributed by atoms with Crippen LogP contribution in [-0.2, 0) is 0 Å². The van der Waals surface area contributed by atoms with E-state index in [4.69, 9.17) is 17.3 Å². The zero-order chi connectivity index (χ0) is 15.9. The summed E-state index contributed by atoms with van der Waals surface area (Å²) in [7, 11) is 0. The first-order valence-corrected chi connectivity index (χ1v) is 5.87. The molecule has 0 aliphatic carbocycles. The van der Waals surface area contributed by atoms with E-state index in [0.717, 1.165) is 10.9 Å². The van der Waals surface area contributed by atoms with Crippen LogP contribution in [0.5, 0.6) is 0 Å². The number of aromatic nitrogens is 2. The summed E-state index contributed by atoms with van der Waals surface area (Å²) in [5, 5.41) is 3.32. The van der Waals surface area contributed by atoms with Crippen LogP contribution in [0.3, 0.4) is 0 Å². The molecule has 10 heteroatoms. The predicted octanol–water partition coefficient (Wildman–Crippen LogP) is 3.86. The summed E-state index contributed by atoms with van der Waals surface area (Å²) in [5.41, 5.74) is 4.73. The summed E-state index contributed by atoms with van der Waals surface area (Å²) in [6.07, 6.45) is -10.1. The van der Waals surface area contributed by atoms with Crippen molar-refractivity contribution in [3.8, 4) is 0 Å². The highest BCUT2D eigenvalue weighted by atomic mass is 35.5. The molecular formula is C10H12ClF6N3. The van der Waals surface area contributed by atoms with Crippen LogP contribution in [0.25, 0.3) is 0 Å². The van der Waals surface area contributed by atoms with Crippen molar-refractivity contribution in [3.05, 3.63) is 16.9 Å². The number of rotatable bonds is 3. The van der Waals surface area contributed by atoms with E-state index < -0.39 is 36.0 Å². The molecule has 1 rings (SSSR count). The molecule has 0 saturated carbocycles. The van der Waals surface area contributed by atoms with Gasteiger partial charge in [-0.3, -0.25) is 4.68 Å². The van der Waals surface area contributed by atoms with E-state index in [0.29, 0.717) is 0 Å². The normalized spacial score (nSPS) is 15.2. The fraction of sp³-hybridized carbons (Fsp3) is 0.700. The molecule has 3 nitrogen and oxygen atoms in total. The van der Waals surface area contributed by atoms with Gasteiger partial charge in [-0.2, -0.15) is 31.4 Å². The molecular weight excluding hydrogens is 312 g/mol. The van der Waals surface area contributed by atoms with Crippen molar-refractivity contribution in [2.45, 2.75) is 38.3 Å². The summed E-state index contributed by atoms with van der Waals surface area (Å²) >= 11 is 5.63. The number of alkyl halides is 6. The standard InChI is InChI=1S/C10H12ClF6N3/c1-4(2)20-7(5(11)3-19-20)6(18)8(9(12,13)14)10(15,16)17/h3-4,6,8H,18H2,1-2H3. The summed E-state index contributed by atoms with van der Waals surface area (Å²) in [6, 6.07) is -2.86. The van der Waals surface area contributed by atoms with E-state index in [-0.39, 0.29) is 5.02 Å². The summed E-state index contributed by atoms with van der Waals surface area (Å²) in [6.45, 7) is 3.07. The second-order valence-electron chi connectivity index (χ2n) is 4.50. The number of halogens is 7. The minimum Gasteiger partial charge on any atom is -0.322 e. The Labute approximate surface area is 115 Å². The van der Waals surface area contributed by atoms with Crippen LogP contribution >= 0.6 is 11.6 Å². The van der Waals surface area contributed by atoms with E-state index in [1.54, 1.807) is 0 Å². The minimum atomic E-state index is -5.53. The van der Waals surface area contributed by atoms with Crippen LogP contribution in [0.4, 0.5) is 26.3 Å². The van der Waals surface area contributed by atoms with Gasteiger partial charge in [-0.1, -0.05) is 11.6 Å². The van der Waals surface area contributed by atoms with Gasteiger partial charge in [0, 0.05) is 6.04 Å². The quantitative estimate of drug-likeness (QED) is 0.858. The van der Waals surface area contributed by atoms with E-state index in [1.165, 1.54) is 13.8 Å². The van der Waals surface area contributed by atoms with Gasteiger partial charge in [0.1, 0.15) is 0 Å². The highest BCUT2D eigenvalue weighted by Crippen LogP contribution is 2.46. The van der Waals surface area contributed by atoms with Crippen LogP contribution in [0.15, 0.2) is 6.20 Å². The van der Waals surface area contributed by atoms with Crippen molar-refractivity contribution in [1.29, 1.82) is 0 Å². The number of hydrogen-bond donors (Lipinski definition) is 1. The molecule has 1 unspecified atom stereocenters. The van der Waals surface area contributed by atoms with E-state index >= 15 is 0 Å². The smallest absolute Gasteiger partial charge is 0.322 e. The maximum absolute atomic E-state index is 12.7. The fourth-order valence-corrected chi connectivity index (χ4v) is 2.08. The Balaban J connectivity index is 3.34. The Morgan fingerprint density at radius 1 is 1.15 bits per heavy atom. The predicted molar refractivity (Wildman–Crippen MR) is 60.2 cm³/mol. The van der Waals surface area contributed by atoms with E-state index in [2.05, 4.69) is 5.10 Å². The molecule has 0 fully saturated rings. The van der Waals surface area contributed by atoms with Crippen molar-refractivity contribution < 1.29 is 26.3 Å². The molecule has 1 aromatic rings. The lowest BCUT2D eigenvalue weighted by Gasteiger charge is -2.29. The highest BCUT2D eigenvalue weighted by molar-refractivity contribution is 6.31. The van der Waals surface area contributed by atoms with Gasteiger partial charge >= 0.3 is 12.4 Å². The fourth-order valence-electron chi connectivity index (χ4n) is 1.82. The zero-order valence-electron chi connectivity index (χ0n) is 10.4. The molecule has 1 atom stereocenters. The number of hydrogen-bond acceptors (Lipinski definition) is 2. The second kappa shape index (κ2) is 5.44. The first kappa shape index (κ1) is 17.1. The molecule has 20 heavy (non-hydrogen) atoms. The van der Waals surface area contributed by atoms with Gasteiger partial charge in [0.15, 0.2) is 5.92 Å². The van der Waals surface area contributed by atoms with Crippen LogP contribution in [0, 0.1) is 5.92 Å². The van der Waals surface area contributed by atoms with Crippen LogP contribution in [0.1, 0.15) is 31.6 Å². The van der Waals surface area contributed by atoms with Gasteiger partial charge in [-0.15, -0.1) is 0 Å². The maximum atomic E-state index is 12.7. The average molecular weight is 324 g/mol. The molecule has 2 N–H and O–H groups in total. The molecule has 1 heterocycles. The van der Waals surface area contributed by atoms with Crippen molar-refractivity contribution in [2.75, 3.05) is 0 Å². The monoisotopic (exact) mass is 323 g/mol. The van der Waals surface area contributed by atoms with Crippen molar-refractivity contribution in [1.82, 2.24) is 9.78 Å². The summed E-state index contributed by atoms with van der Waals surface area (Å²) in [5.74, 6) is -3.71. The molecule has 0 spiro atoms. The van der Waals surface area contributed by atoms with Gasteiger partial charge in [0.2, 0.25) is 0 Å². The van der Waals surface area contributed by atoms with Crippen molar-refractivity contribution in [2.24, 2.45) is 11.7 Å². The lowest BCUT2D eigenvalue weighted by Crippen LogP contribution is -2.44. The summed E-state index contributed by atoms with van der Waals surface area (Å²) < 4.78 is 76.9. The topological polar surface area (TPSA) is 43.8 Å². The number of nitrogens with zero attached hydrogens (tertiary/aromatic N) is 2. The third kappa shape index (κ3) is 3.38. The molecule has 1 aromatic heterocycles. The molecule has 0 aromatic carbocycles. The van der Waals surface area contributed by atoms with Gasteiger partial charge in [-0.25, -0.2) is 0 Å². The summed E-state index contributed by atoms with van der Waals surface area (Å²) in [4.78, 5) is 0. The molecule has 0 bridgehead atoms. The minimum absolute atomic E-state index is 0.329. The molecule has 0 saturated heterocycles. The van der Waals surface area contributed by atoms with Gasteiger partial charge in [-0.05, 0) is 13.8 Å². The lowest BCUT2D eigenvalue weighted by atomic mass is 9.96. The Morgan fingerprint density at radius 2 is 1.60 bits per heavy atom. The Morgan fingerprint density at radius 3 is 1.95 bits per heavy atom. The Bertz CT molecular complexity index is 451. The second-order valence-corrected chi connectivity index (χ2v) is 4.91. The average Bonchev–Trinajstić information content (AvgIpc) is 2.55. The Kier molecular flexibility index (Phi) is 4.65. The van der Waals surface area contributed by atoms with E-state index in [1.807, 2.05) is 0 Å². The van der Waals surface area contributed by atoms with Gasteiger partial charge < -0.3 is 5.73 Å². The maximum Gasteiger partial charge on any atom is 0.402 e. The molecule has 0 radical (unpaired) electrons. The largest absolute Gasteiger partial charge is 0.402 e. The third-order valence-corrected chi connectivity index (χ3v) is 2.95.